The lowest BCUT2D eigenvalue weighted by molar-refractivity contribution is -0.115. The summed E-state index contributed by atoms with van der Waals surface area (Å²) in [6, 6.07) is 0.0959. The van der Waals surface area contributed by atoms with E-state index in [1.807, 2.05) is 6.92 Å². The van der Waals surface area contributed by atoms with Crippen LogP contribution in [0, 0.1) is 0 Å². The Morgan fingerprint density at radius 2 is 2.29 bits per heavy atom. The van der Waals surface area contributed by atoms with Gasteiger partial charge in [-0.25, -0.2) is 0 Å². The van der Waals surface area contributed by atoms with Gasteiger partial charge < -0.3 is 15.4 Å². The normalized spacial score (nSPS) is 20.1. The standard InChI is InChI=1S/C9H17N3O2/c1-8(11-9(13)6-10-14)7-12-4-2-3-5-12/h6,8,14H,2-5,7H2,1H3,(H,11,13)/b10-6+/t8-/m0/s1. The Balaban J connectivity index is 2.20. The van der Waals surface area contributed by atoms with Crippen LogP contribution >= 0.6 is 0 Å². The van der Waals surface area contributed by atoms with Crippen molar-refractivity contribution in [3.8, 4) is 0 Å². The number of nitrogens with one attached hydrogen (secondary N) is 1. The van der Waals surface area contributed by atoms with Crippen LogP contribution in [-0.2, 0) is 4.79 Å². The average molecular weight is 199 g/mol. The number of rotatable bonds is 4. The van der Waals surface area contributed by atoms with E-state index < -0.39 is 0 Å². The number of hydrogen-bond donors (Lipinski definition) is 2. The number of amides is 1. The molecule has 0 bridgehead atoms. The van der Waals surface area contributed by atoms with Crippen molar-refractivity contribution >= 4 is 12.1 Å². The van der Waals surface area contributed by atoms with Crippen LogP contribution in [0.2, 0.25) is 0 Å². The monoisotopic (exact) mass is 199 g/mol. The second-order valence-electron chi connectivity index (χ2n) is 3.66. The van der Waals surface area contributed by atoms with Gasteiger partial charge in [0.2, 0.25) is 0 Å². The van der Waals surface area contributed by atoms with Gasteiger partial charge in [0, 0.05) is 12.6 Å². The number of nitrogens with zero attached hydrogens (tertiary/aromatic N) is 2. The Kier molecular flexibility index (Phi) is 4.39. The summed E-state index contributed by atoms with van der Waals surface area (Å²) in [4.78, 5) is 13.3. The fourth-order valence-corrected chi connectivity index (χ4v) is 1.73. The zero-order valence-electron chi connectivity index (χ0n) is 8.44. The lowest BCUT2D eigenvalue weighted by atomic mass is 10.3. The van der Waals surface area contributed by atoms with Crippen molar-refractivity contribution in [1.29, 1.82) is 0 Å². The Bertz CT molecular complexity index is 212. The van der Waals surface area contributed by atoms with Gasteiger partial charge in [-0.2, -0.15) is 0 Å². The molecule has 1 saturated heterocycles. The lowest BCUT2D eigenvalue weighted by Crippen LogP contribution is -2.41. The van der Waals surface area contributed by atoms with Crippen molar-refractivity contribution in [2.24, 2.45) is 5.16 Å². The van der Waals surface area contributed by atoms with Crippen molar-refractivity contribution in [3.05, 3.63) is 0 Å². The lowest BCUT2D eigenvalue weighted by Gasteiger charge is -2.20. The highest BCUT2D eigenvalue weighted by atomic mass is 16.4. The molecule has 1 heterocycles. The fraction of sp³-hybridized carbons (Fsp3) is 0.778. The quantitative estimate of drug-likeness (QED) is 0.382. The van der Waals surface area contributed by atoms with Crippen LogP contribution in [0.4, 0.5) is 0 Å². The molecule has 0 saturated carbocycles. The number of likely N-dealkylation sites (tertiary alicyclic amines) is 1. The summed E-state index contributed by atoms with van der Waals surface area (Å²) in [5.74, 6) is -0.348. The third-order valence-electron chi connectivity index (χ3n) is 2.29. The highest BCUT2D eigenvalue weighted by Crippen LogP contribution is 2.07. The summed E-state index contributed by atoms with van der Waals surface area (Å²) in [5, 5.41) is 13.5. The van der Waals surface area contributed by atoms with Crippen molar-refractivity contribution in [2.75, 3.05) is 19.6 Å². The van der Waals surface area contributed by atoms with Gasteiger partial charge in [0.1, 0.15) is 6.21 Å². The van der Waals surface area contributed by atoms with Crippen LogP contribution in [0.1, 0.15) is 19.8 Å². The van der Waals surface area contributed by atoms with Crippen molar-refractivity contribution in [3.63, 3.8) is 0 Å². The molecular weight excluding hydrogens is 182 g/mol. The van der Waals surface area contributed by atoms with Crippen LogP contribution < -0.4 is 5.32 Å². The second-order valence-corrected chi connectivity index (χ2v) is 3.66. The predicted octanol–water partition coefficient (Wildman–Crippen LogP) is 0.0469. The molecule has 1 aliphatic heterocycles. The predicted molar refractivity (Wildman–Crippen MR) is 53.6 cm³/mol. The smallest absolute Gasteiger partial charge is 0.266 e. The molecule has 0 aliphatic carbocycles. The fourth-order valence-electron chi connectivity index (χ4n) is 1.73. The Hall–Kier alpha value is -1.10. The highest BCUT2D eigenvalue weighted by molar-refractivity contribution is 6.26. The molecule has 14 heavy (non-hydrogen) atoms. The largest absolute Gasteiger partial charge is 0.411 e. The Morgan fingerprint density at radius 1 is 1.64 bits per heavy atom. The molecule has 5 heteroatoms. The average Bonchev–Trinajstić information content (AvgIpc) is 2.56. The second kappa shape index (κ2) is 5.59. The van der Waals surface area contributed by atoms with Gasteiger partial charge in [-0.3, -0.25) is 4.79 Å². The SMILES string of the molecule is C[C@@H](CN1CCCC1)NC(=O)/C=N/O. The van der Waals surface area contributed by atoms with Gasteiger partial charge in [0.05, 0.1) is 0 Å². The molecule has 2 N–H and O–H groups in total. The number of carbonyl (C=O) groups excluding carboxylic acids is 1. The van der Waals surface area contributed by atoms with Crippen molar-refractivity contribution in [1.82, 2.24) is 10.2 Å². The molecule has 0 aromatic rings. The minimum atomic E-state index is -0.348. The zero-order valence-corrected chi connectivity index (χ0v) is 8.44. The molecule has 5 nitrogen and oxygen atoms in total. The maximum absolute atomic E-state index is 11.0. The summed E-state index contributed by atoms with van der Waals surface area (Å²) < 4.78 is 0. The molecule has 80 valence electrons. The van der Waals surface area contributed by atoms with Gasteiger partial charge >= 0.3 is 0 Å². The minimum absolute atomic E-state index is 0.0959. The number of oxime groups is 1. The molecule has 1 rings (SSSR count). The van der Waals surface area contributed by atoms with E-state index in [1.54, 1.807) is 0 Å². The minimum Gasteiger partial charge on any atom is -0.411 e. The molecule has 1 aliphatic rings. The van der Waals surface area contributed by atoms with Crippen molar-refractivity contribution in [2.45, 2.75) is 25.8 Å². The van der Waals surface area contributed by atoms with Crippen LogP contribution in [0.5, 0.6) is 0 Å². The molecule has 1 fully saturated rings. The topological polar surface area (TPSA) is 64.9 Å². The van der Waals surface area contributed by atoms with Gasteiger partial charge in [-0.1, -0.05) is 5.16 Å². The maximum atomic E-state index is 11.0. The molecular formula is C9H17N3O2. The molecule has 0 aromatic heterocycles. The summed E-state index contributed by atoms with van der Waals surface area (Å²) in [5.41, 5.74) is 0. The number of carbonyl (C=O) groups is 1. The van der Waals surface area contributed by atoms with Crippen LogP contribution in [-0.4, -0.2) is 47.9 Å². The third-order valence-corrected chi connectivity index (χ3v) is 2.29. The highest BCUT2D eigenvalue weighted by Gasteiger charge is 2.15. The first-order chi connectivity index (χ1) is 6.72. The van der Waals surface area contributed by atoms with Crippen LogP contribution in [0.3, 0.4) is 0 Å². The van der Waals surface area contributed by atoms with E-state index in [1.165, 1.54) is 12.8 Å². The van der Waals surface area contributed by atoms with Crippen molar-refractivity contribution < 1.29 is 10.0 Å². The molecule has 0 unspecified atom stereocenters. The van der Waals surface area contributed by atoms with E-state index in [0.717, 1.165) is 25.8 Å². The first-order valence-electron chi connectivity index (χ1n) is 4.92. The first-order valence-corrected chi connectivity index (χ1v) is 4.92. The zero-order chi connectivity index (χ0) is 10.4. The van der Waals surface area contributed by atoms with E-state index in [0.29, 0.717) is 0 Å². The van der Waals surface area contributed by atoms with E-state index in [2.05, 4.69) is 15.4 Å². The van der Waals surface area contributed by atoms with E-state index >= 15 is 0 Å². The van der Waals surface area contributed by atoms with Crippen LogP contribution in [0.25, 0.3) is 0 Å². The Morgan fingerprint density at radius 3 is 2.86 bits per heavy atom. The maximum Gasteiger partial charge on any atom is 0.266 e. The summed E-state index contributed by atoms with van der Waals surface area (Å²) in [6.45, 7) is 5.05. The third kappa shape index (κ3) is 3.74. The molecule has 1 atom stereocenters. The summed E-state index contributed by atoms with van der Waals surface area (Å²) in [7, 11) is 0. The first kappa shape index (κ1) is 11.0. The van der Waals surface area contributed by atoms with Gasteiger partial charge in [0.15, 0.2) is 0 Å². The van der Waals surface area contributed by atoms with E-state index in [-0.39, 0.29) is 11.9 Å². The molecule has 0 radical (unpaired) electrons. The Labute approximate surface area is 83.8 Å². The molecule has 0 aromatic carbocycles. The molecule has 0 spiro atoms. The number of hydrogen-bond acceptors (Lipinski definition) is 4. The summed E-state index contributed by atoms with van der Waals surface area (Å²) >= 11 is 0. The molecule has 1 amide bonds. The summed E-state index contributed by atoms with van der Waals surface area (Å²) in [6.07, 6.45) is 3.37. The van der Waals surface area contributed by atoms with Gasteiger partial charge in [0.25, 0.3) is 5.91 Å². The van der Waals surface area contributed by atoms with Gasteiger partial charge in [-0.15, -0.1) is 0 Å². The van der Waals surface area contributed by atoms with E-state index in [9.17, 15) is 4.79 Å². The van der Waals surface area contributed by atoms with E-state index in [4.69, 9.17) is 5.21 Å². The van der Waals surface area contributed by atoms with Gasteiger partial charge in [-0.05, 0) is 32.9 Å². The van der Waals surface area contributed by atoms with Crippen LogP contribution in [0.15, 0.2) is 5.16 Å².